The first-order valence-corrected chi connectivity index (χ1v) is 11.8. The van der Waals surface area contributed by atoms with E-state index in [9.17, 15) is 0 Å². The molecule has 0 spiro atoms. The Balaban J connectivity index is 0.00000363. The van der Waals surface area contributed by atoms with Crippen LogP contribution in [0.4, 0.5) is 0 Å². The monoisotopic (exact) mass is 561 g/mol. The average Bonchev–Trinajstić information content (AvgIpc) is 3.29. The first-order chi connectivity index (χ1) is 15.2. The van der Waals surface area contributed by atoms with Crippen LogP contribution < -0.4 is 15.4 Å². The standard InChI is InChI=1S/C24H39N3O4.HI/c1-3-25-24(26-10-4-11-29-17-20-7-12-28-13-8-20)27-16-21-6-5-19(2)15-23(21)31-22-9-14-30-18-22;/h5-6,15,20,22H,3-4,7-14,16-18H2,1-2H3,(H2,25,26,27);1H. The molecule has 7 nitrogen and oxygen atoms in total. The highest BCUT2D eigenvalue weighted by molar-refractivity contribution is 14.0. The molecule has 2 fully saturated rings. The third-order valence-corrected chi connectivity index (χ3v) is 5.61. The number of nitrogens with one attached hydrogen (secondary N) is 2. The Morgan fingerprint density at radius 3 is 2.69 bits per heavy atom. The second-order valence-electron chi connectivity index (χ2n) is 8.32. The van der Waals surface area contributed by atoms with E-state index in [4.69, 9.17) is 23.9 Å². The predicted molar refractivity (Wildman–Crippen MR) is 138 cm³/mol. The zero-order valence-electron chi connectivity index (χ0n) is 19.6. The summed E-state index contributed by atoms with van der Waals surface area (Å²) < 4.78 is 22.9. The second-order valence-corrected chi connectivity index (χ2v) is 8.32. The molecule has 0 aliphatic carbocycles. The van der Waals surface area contributed by atoms with Crippen molar-refractivity contribution in [1.82, 2.24) is 10.6 Å². The summed E-state index contributed by atoms with van der Waals surface area (Å²) in [5, 5.41) is 6.73. The minimum absolute atomic E-state index is 0. The van der Waals surface area contributed by atoms with Crippen molar-refractivity contribution < 1.29 is 18.9 Å². The van der Waals surface area contributed by atoms with Gasteiger partial charge in [-0.25, -0.2) is 4.99 Å². The zero-order valence-corrected chi connectivity index (χ0v) is 21.9. The van der Waals surface area contributed by atoms with Crippen molar-refractivity contribution in [3.8, 4) is 5.75 Å². The molecule has 8 heteroatoms. The van der Waals surface area contributed by atoms with Crippen LogP contribution in [0.1, 0.15) is 43.7 Å². The predicted octanol–water partition coefficient (Wildman–Crippen LogP) is 3.67. The molecule has 1 aromatic rings. The van der Waals surface area contributed by atoms with E-state index in [1.54, 1.807) is 0 Å². The van der Waals surface area contributed by atoms with Crippen LogP contribution in [0.15, 0.2) is 23.2 Å². The van der Waals surface area contributed by atoms with Gasteiger partial charge in [0.25, 0.3) is 0 Å². The number of rotatable bonds is 11. The number of guanidine groups is 1. The van der Waals surface area contributed by atoms with Gasteiger partial charge in [0.15, 0.2) is 5.96 Å². The lowest BCUT2D eigenvalue weighted by Gasteiger charge is -2.21. The van der Waals surface area contributed by atoms with Crippen molar-refractivity contribution in [3.63, 3.8) is 0 Å². The molecular weight excluding hydrogens is 521 g/mol. The molecule has 0 aromatic heterocycles. The summed E-state index contributed by atoms with van der Waals surface area (Å²) in [6, 6.07) is 6.32. The zero-order chi connectivity index (χ0) is 21.7. The summed E-state index contributed by atoms with van der Waals surface area (Å²) in [5.74, 6) is 2.39. The van der Waals surface area contributed by atoms with Crippen molar-refractivity contribution in [2.24, 2.45) is 10.9 Å². The van der Waals surface area contributed by atoms with Crippen molar-refractivity contribution in [1.29, 1.82) is 0 Å². The Bertz CT molecular complexity index is 677. The first kappa shape index (κ1) is 27.1. The van der Waals surface area contributed by atoms with E-state index in [0.717, 1.165) is 89.1 Å². The molecule has 0 bridgehead atoms. The first-order valence-electron chi connectivity index (χ1n) is 11.8. The van der Waals surface area contributed by atoms with Gasteiger partial charge in [0.1, 0.15) is 11.9 Å². The highest BCUT2D eigenvalue weighted by Crippen LogP contribution is 2.24. The largest absolute Gasteiger partial charge is 0.488 e. The molecule has 2 saturated heterocycles. The molecule has 1 unspecified atom stereocenters. The van der Waals surface area contributed by atoms with Crippen LogP contribution in [0.2, 0.25) is 0 Å². The van der Waals surface area contributed by atoms with Gasteiger partial charge in [0.05, 0.1) is 19.8 Å². The molecule has 182 valence electrons. The Morgan fingerprint density at radius 1 is 1.12 bits per heavy atom. The van der Waals surface area contributed by atoms with Crippen LogP contribution in [0.5, 0.6) is 5.75 Å². The maximum atomic E-state index is 6.20. The van der Waals surface area contributed by atoms with Gasteiger partial charge in [-0.05, 0) is 50.7 Å². The van der Waals surface area contributed by atoms with Crippen LogP contribution in [0.3, 0.4) is 0 Å². The van der Waals surface area contributed by atoms with Gasteiger partial charge < -0.3 is 29.6 Å². The van der Waals surface area contributed by atoms with Gasteiger partial charge in [0.2, 0.25) is 0 Å². The highest BCUT2D eigenvalue weighted by Gasteiger charge is 2.18. The second kappa shape index (κ2) is 15.7. The maximum absolute atomic E-state index is 6.20. The molecule has 0 amide bonds. The Labute approximate surface area is 210 Å². The number of aliphatic imine (C=N–C) groups is 1. The Morgan fingerprint density at radius 2 is 1.94 bits per heavy atom. The third-order valence-electron chi connectivity index (χ3n) is 5.61. The van der Waals surface area contributed by atoms with Crippen molar-refractivity contribution >= 4 is 29.9 Å². The number of halogens is 1. The fourth-order valence-electron chi connectivity index (χ4n) is 3.74. The van der Waals surface area contributed by atoms with Crippen LogP contribution in [0.25, 0.3) is 0 Å². The summed E-state index contributed by atoms with van der Waals surface area (Å²) in [7, 11) is 0. The minimum atomic E-state index is 0. The molecular formula is C24H40IN3O4. The lowest BCUT2D eigenvalue weighted by molar-refractivity contribution is 0.0203. The average molecular weight is 562 g/mol. The molecule has 2 N–H and O–H groups in total. The number of hydrogen-bond donors (Lipinski definition) is 2. The number of ether oxygens (including phenoxy) is 4. The summed E-state index contributed by atoms with van der Waals surface area (Å²) in [6.07, 6.45) is 4.27. The van der Waals surface area contributed by atoms with Crippen LogP contribution in [0, 0.1) is 12.8 Å². The van der Waals surface area contributed by atoms with Crippen LogP contribution in [-0.2, 0) is 20.8 Å². The highest BCUT2D eigenvalue weighted by atomic mass is 127. The number of hydrogen-bond acceptors (Lipinski definition) is 5. The molecule has 32 heavy (non-hydrogen) atoms. The fraction of sp³-hybridized carbons (Fsp3) is 0.708. The fourth-order valence-corrected chi connectivity index (χ4v) is 3.74. The minimum Gasteiger partial charge on any atom is -0.488 e. The molecule has 1 aromatic carbocycles. The van der Waals surface area contributed by atoms with E-state index in [2.05, 4.69) is 42.7 Å². The molecule has 2 heterocycles. The molecule has 2 aliphatic heterocycles. The smallest absolute Gasteiger partial charge is 0.191 e. The molecule has 0 saturated carbocycles. The van der Waals surface area contributed by atoms with E-state index in [1.807, 2.05) is 0 Å². The van der Waals surface area contributed by atoms with E-state index < -0.39 is 0 Å². The number of benzene rings is 1. The van der Waals surface area contributed by atoms with Crippen molar-refractivity contribution in [3.05, 3.63) is 29.3 Å². The summed E-state index contributed by atoms with van der Waals surface area (Å²) in [4.78, 5) is 4.77. The summed E-state index contributed by atoms with van der Waals surface area (Å²) in [6.45, 7) is 11.2. The maximum Gasteiger partial charge on any atom is 0.191 e. The van der Waals surface area contributed by atoms with Gasteiger partial charge in [-0.3, -0.25) is 0 Å². The molecule has 2 aliphatic rings. The van der Waals surface area contributed by atoms with E-state index in [-0.39, 0.29) is 30.1 Å². The van der Waals surface area contributed by atoms with Crippen LogP contribution in [-0.4, -0.2) is 64.8 Å². The number of aryl methyl sites for hydroxylation is 1. The van der Waals surface area contributed by atoms with E-state index >= 15 is 0 Å². The van der Waals surface area contributed by atoms with Crippen LogP contribution >= 0.6 is 24.0 Å². The quantitative estimate of drug-likeness (QED) is 0.186. The Kier molecular flexibility index (Phi) is 13.3. The summed E-state index contributed by atoms with van der Waals surface area (Å²) in [5.41, 5.74) is 2.28. The SMILES string of the molecule is CCNC(=NCc1ccc(C)cc1OC1CCOC1)NCCCOCC1CCOCC1.I. The van der Waals surface area contributed by atoms with Gasteiger partial charge in [-0.15, -0.1) is 24.0 Å². The summed E-state index contributed by atoms with van der Waals surface area (Å²) >= 11 is 0. The number of nitrogens with zero attached hydrogens (tertiary/aromatic N) is 1. The third kappa shape index (κ3) is 9.80. The van der Waals surface area contributed by atoms with Gasteiger partial charge >= 0.3 is 0 Å². The topological polar surface area (TPSA) is 73.3 Å². The Hall–Kier alpha value is -1.10. The van der Waals surface area contributed by atoms with Gasteiger partial charge in [0, 0.05) is 51.5 Å². The molecule has 3 rings (SSSR count). The van der Waals surface area contributed by atoms with Crippen molar-refractivity contribution in [2.75, 3.05) is 52.7 Å². The molecule has 1 atom stereocenters. The normalized spacial score (nSPS) is 19.4. The van der Waals surface area contributed by atoms with Crippen molar-refractivity contribution in [2.45, 2.75) is 52.2 Å². The van der Waals surface area contributed by atoms with Gasteiger partial charge in [-0.1, -0.05) is 12.1 Å². The lowest BCUT2D eigenvalue weighted by Crippen LogP contribution is -2.38. The lowest BCUT2D eigenvalue weighted by atomic mass is 10.0. The van der Waals surface area contributed by atoms with Gasteiger partial charge in [-0.2, -0.15) is 0 Å². The van der Waals surface area contributed by atoms with E-state index in [0.29, 0.717) is 19.1 Å². The molecule has 0 radical (unpaired) electrons. The van der Waals surface area contributed by atoms with E-state index in [1.165, 1.54) is 5.56 Å².